The van der Waals surface area contributed by atoms with Gasteiger partial charge in [0.2, 0.25) is 15.9 Å². The summed E-state index contributed by atoms with van der Waals surface area (Å²) in [5.41, 5.74) is 0.398. The zero-order valence-corrected chi connectivity index (χ0v) is 17.2. The third-order valence-corrected chi connectivity index (χ3v) is 6.67. The Kier molecular flexibility index (Phi) is 6.68. The molecular formula is C20H22FN3O5S. The van der Waals surface area contributed by atoms with Gasteiger partial charge in [0.05, 0.1) is 18.6 Å². The second-order valence-corrected chi connectivity index (χ2v) is 8.59. The Morgan fingerprint density at radius 3 is 2.33 bits per heavy atom. The van der Waals surface area contributed by atoms with Gasteiger partial charge in [-0.25, -0.2) is 12.8 Å². The molecular weight excluding hydrogens is 413 g/mol. The summed E-state index contributed by atoms with van der Waals surface area (Å²) in [4.78, 5) is 25.9. The van der Waals surface area contributed by atoms with E-state index >= 15 is 0 Å². The highest BCUT2D eigenvalue weighted by atomic mass is 32.2. The number of nitrogens with one attached hydrogen (secondary N) is 1. The fraction of sp³-hybridized carbons (Fsp3) is 0.300. The van der Waals surface area contributed by atoms with Crippen LogP contribution >= 0.6 is 0 Å². The molecule has 2 aromatic carbocycles. The van der Waals surface area contributed by atoms with Crippen molar-refractivity contribution >= 4 is 21.8 Å². The quantitative estimate of drug-likeness (QED) is 0.733. The highest BCUT2D eigenvalue weighted by Gasteiger charge is 2.30. The maximum Gasteiger partial charge on any atom is 0.251 e. The summed E-state index contributed by atoms with van der Waals surface area (Å²) in [5.74, 6) is -0.704. The van der Waals surface area contributed by atoms with Crippen LogP contribution in [0, 0.1) is 5.82 Å². The van der Waals surface area contributed by atoms with Crippen LogP contribution < -0.4 is 10.1 Å². The Bertz CT molecular complexity index is 1020. The van der Waals surface area contributed by atoms with Crippen molar-refractivity contribution in [3.63, 3.8) is 0 Å². The minimum Gasteiger partial charge on any atom is -0.497 e. The second kappa shape index (κ2) is 9.23. The molecule has 0 atom stereocenters. The van der Waals surface area contributed by atoms with Crippen LogP contribution in [0.15, 0.2) is 53.4 Å². The average Bonchev–Trinajstić information content (AvgIpc) is 2.77. The van der Waals surface area contributed by atoms with Crippen molar-refractivity contribution in [1.82, 2.24) is 14.5 Å². The van der Waals surface area contributed by atoms with Gasteiger partial charge in [0.15, 0.2) is 0 Å². The largest absolute Gasteiger partial charge is 0.497 e. The average molecular weight is 435 g/mol. The maximum absolute atomic E-state index is 13.4. The van der Waals surface area contributed by atoms with E-state index in [0.29, 0.717) is 11.3 Å². The minimum absolute atomic E-state index is 0.0943. The first kappa shape index (κ1) is 21.7. The number of sulfonamides is 1. The number of carbonyl (C=O) groups excluding carboxylic acids is 2. The molecule has 1 heterocycles. The Morgan fingerprint density at radius 1 is 1.07 bits per heavy atom. The molecule has 0 unspecified atom stereocenters. The number of methoxy groups -OCH3 is 1. The molecule has 10 heteroatoms. The Balaban J connectivity index is 1.52. The number of hydrogen-bond donors (Lipinski definition) is 1. The molecule has 0 radical (unpaired) electrons. The van der Waals surface area contributed by atoms with E-state index in [-0.39, 0.29) is 43.5 Å². The number of piperazine rings is 1. The molecule has 1 aliphatic heterocycles. The zero-order valence-electron chi connectivity index (χ0n) is 16.4. The van der Waals surface area contributed by atoms with E-state index in [2.05, 4.69) is 5.32 Å². The minimum atomic E-state index is -3.83. The predicted molar refractivity (Wildman–Crippen MR) is 107 cm³/mol. The third kappa shape index (κ3) is 4.95. The summed E-state index contributed by atoms with van der Waals surface area (Å²) in [5, 5.41) is 2.56. The van der Waals surface area contributed by atoms with Crippen molar-refractivity contribution in [1.29, 1.82) is 0 Å². The Morgan fingerprint density at radius 2 is 1.73 bits per heavy atom. The number of rotatable bonds is 6. The molecule has 0 saturated carbocycles. The number of carbonyl (C=O) groups is 2. The zero-order chi connectivity index (χ0) is 21.7. The van der Waals surface area contributed by atoms with Crippen molar-refractivity contribution in [2.75, 3.05) is 39.8 Å². The van der Waals surface area contributed by atoms with Gasteiger partial charge in [-0.1, -0.05) is 6.07 Å². The van der Waals surface area contributed by atoms with Gasteiger partial charge in [-0.3, -0.25) is 9.59 Å². The second-order valence-electron chi connectivity index (χ2n) is 6.65. The van der Waals surface area contributed by atoms with Crippen LogP contribution in [0.3, 0.4) is 0 Å². The molecule has 8 nitrogen and oxygen atoms in total. The summed E-state index contributed by atoms with van der Waals surface area (Å²) in [6.45, 7) is 0.368. The lowest BCUT2D eigenvalue weighted by Crippen LogP contribution is -2.52. The van der Waals surface area contributed by atoms with Crippen molar-refractivity contribution in [3.8, 4) is 5.75 Å². The van der Waals surface area contributed by atoms with Crippen molar-refractivity contribution in [3.05, 3.63) is 59.9 Å². The van der Waals surface area contributed by atoms with Gasteiger partial charge < -0.3 is 15.0 Å². The van der Waals surface area contributed by atoms with Gasteiger partial charge >= 0.3 is 0 Å². The molecule has 1 saturated heterocycles. The first-order valence-corrected chi connectivity index (χ1v) is 10.7. The lowest BCUT2D eigenvalue weighted by atomic mass is 10.2. The highest BCUT2D eigenvalue weighted by Crippen LogP contribution is 2.18. The first-order chi connectivity index (χ1) is 14.3. The normalized spacial score (nSPS) is 14.9. The van der Waals surface area contributed by atoms with Crippen LogP contribution in [-0.2, 0) is 14.8 Å². The first-order valence-electron chi connectivity index (χ1n) is 9.27. The fourth-order valence-corrected chi connectivity index (χ4v) is 4.52. The van der Waals surface area contributed by atoms with Crippen LogP contribution in [0.1, 0.15) is 10.4 Å². The van der Waals surface area contributed by atoms with E-state index in [4.69, 9.17) is 4.74 Å². The molecule has 1 aliphatic rings. The van der Waals surface area contributed by atoms with Crippen LogP contribution in [0.25, 0.3) is 0 Å². The topological polar surface area (TPSA) is 96.0 Å². The Hall–Kier alpha value is -2.98. The number of hydrogen-bond acceptors (Lipinski definition) is 5. The van der Waals surface area contributed by atoms with Gasteiger partial charge in [0, 0.05) is 31.7 Å². The van der Waals surface area contributed by atoms with Crippen LogP contribution in [0.5, 0.6) is 5.75 Å². The molecule has 0 bridgehead atoms. The molecule has 30 heavy (non-hydrogen) atoms. The van der Waals surface area contributed by atoms with Gasteiger partial charge in [-0.05, 0) is 42.5 Å². The summed E-state index contributed by atoms with van der Waals surface area (Å²) in [6, 6.07) is 11.3. The molecule has 0 spiro atoms. The molecule has 2 amide bonds. The van der Waals surface area contributed by atoms with Crippen LogP contribution in [-0.4, -0.2) is 69.3 Å². The third-order valence-electron chi connectivity index (χ3n) is 4.78. The maximum atomic E-state index is 13.4. The smallest absolute Gasteiger partial charge is 0.251 e. The lowest BCUT2D eigenvalue weighted by molar-refractivity contribution is -0.131. The fourth-order valence-electron chi connectivity index (χ4n) is 3.07. The highest BCUT2D eigenvalue weighted by molar-refractivity contribution is 7.89. The van der Waals surface area contributed by atoms with Crippen molar-refractivity contribution < 1.29 is 27.1 Å². The van der Waals surface area contributed by atoms with E-state index in [9.17, 15) is 22.4 Å². The van der Waals surface area contributed by atoms with Gasteiger partial charge in [-0.2, -0.15) is 4.31 Å². The summed E-state index contributed by atoms with van der Waals surface area (Å²) >= 11 is 0. The SMILES string of the molecule is COc1ccc(C(=O)NCC(=O)N2CCN(S(=O)(=O)c3cccc(F)c3)CC2)cc1. The lowest BCUT2D eigenvalue weighted by Gasteiger charge is -2.34. The molecule has 0 aromatic heterocycles. The number of ether oxygens (including phenoxy) is 1. The van der Waals surface area contributed by atoms with E-state index in [0.717, 1.165) is 6.07 Å². The number of halogens is 1. The molecule has 3 rings (SSSR count). The number of amides is 2. The monoisotopic (exact) mass is 435 g/mol. The summed E-state index contributed by atoms with van der Waals surface area (Å²) < 4.78 is 44.9. The van der Waals surface area contributed by atoms with Crippen LogP contribution in [0.2, 0.25) is 0 Å². The molecule has 0 aliphatic carbocycles. The summed E-state index contributed by atoms with van der Waals surface area (Å²) in [6.07, 6.45) is 0. The van der Waals surface area contributed by atoms with E-state index in [1.165, 1.54) is 34.5 Å². The van der Waals surface area contributed by atoms with E-state index < -0.39 is 21.7 Å². The van der Waals surface area contributed by atoms with Crippen molar-refractivity contribution in [2.24, 2.45) is 0 Å². The van der Waals surface area contributed by atoms with Gasteiger partial charge in [0.1, 0.15) is 11.6 Å². The van der Waals surface area contributed by atoms with Gasteiger partial charge in [0.25, 0.3) is 5.91 Å². The molecule has 1 N–H and O–H groups in total. The standard InChI is InChI=1S/C20H22FN3O5S/c1-29-17-7-5-15(6-8-17)20(26)22-14-19(25)23-9-11-24(12-10-23)30(27,28)18-4-2-3-16(21)13-18/h2-8,13H,9-12,14H2,1H3,(H,22,26). The van der Waals surface area contributed by atoms with E-state index in [1.807, 2.05) is 0 Å². The van der Waals surface area contributed by atoms with E-state index in [1.54, 1.807) is 24.3 Å². The Labute approximate surface area is 174 Å². The number of benzene rings is 2. The molecule has 160 valence electrons. The van der Waals surface area contributed by atoms with Crippen LogP contribution in [0.4, 0.5) is 4.39 Å². The molecule has 2 aromatic rings. The van der Waals surface area contributed by atoms with Crippen molar-refractivity contribution in [2.45, 2.75) is 4.90 Å². The number of nitrogens with zero attached hydrogens (tertiary/aromatic N) is 2. The predicted octanol–water partition coefficient (Wildman–Crippen LogP) is 1.10. The summed E-state index contributed by atoms with van der Waals surface area (Å²) in [7, 11) is -2.30. The van der Waals surface area contributed by atoms with Gasteiger partial charge in [-0.15, -0.1) is 0 Å². The molecule has 1 fully saturated rings.